The van der Waals surface area contributed by atoms with Crippen LogP contribution in [-0.4, -0.2) is 37.2 Å². The Kier molecular flexibility index (Phi) is 53.9. The van der Waals surface area contributed by atoms with E-state index >= 15 is 0 Å². The number of hydrogen-bond acceptors (Lipinski definition) is 6. The molecule has 0 aliphatic carbocycles. The molecule has 0 aliphatic rings. The average Bonchev–Trinajstić information content (AvgIpc) is 3.35. The number of allylic oxidation sites excluding steroid dienone is 16. The fraction of sp³-hybridized carbons (Fsp3) is 0.698. The normalized spacial score (nSPS) is 12.8. The molecule has 394 valence electrons. The Hall–Kier alpha value is -3.67. The molecule has 6 heteroatoms. The van der Waals surface area contributed by atoms with Crippen LogP contribution >= 0.6 is 0 Å². The van der Waals surface area contributed by atoms with Crippen molar-refractivity contribution in [1.82, 2.24) is 0 Å². The first kappa shape index (κ1) is 65.3. The number of carbonyl (C=O) groups is 3. The lowest BCUT2D eigenvalue weighted by molar-refractivity contribution is -0.166. The van der Waals surface area contributed by atoms with E-state index in [0.29, 0.717) is 19.3 Å². The SMILES string of the molecule is CC/C=C/C/C=C/C/C=C/C/C=C/C/C=C/C/C=C/CCC(=O)OC[C@@H](COC(=O)CCCCCCC/C=C/CCCCCC)OC(=O)CCCCCCCCCCC/C=C/CCCCCCCC. The van der Waals surface area contributed by atoms with Gasteiger partial charge in [-0.25, -0.2) is 0 Å². The number of unbranched alkanes of at least 4 members (excludes halogenated alkanes) is 24. The Labute approximate surface area is 426 Å². The molecule has 0 fully saturated rings. The van der Waals surface area contributed by atoms with Gasteiger partial charge in [-0.05, 0) is 109 Å². The van der Waals surface area contributed by atoms with Crippen molar-refractivity contribution in [1.29, 1.82) is 0 Å². The lowest BCUT2D eigenvalue weighted by Gasteiger charge is -2.18. The topological polar surface area (TPSA) is 78.9 Å². The zero-order chi connectivity index (χ0) is 50.0. The second-order valence-electron chi connectivity index (χ2n) is 18.8. The Morgan fingerprint density at radius 1 is 0.304 bits per heavy atom. The van der Waals surface area contributed by atoms with E-state index in [4.69, 9.17) is 14.2 Å². The van der Waals surface area contributed by atoms with Crippen LogP contribution in [0.25, 0.3) is 0 Å². The van der Waals surface area contributed by atoms with Gasteiger partial charge in [0.05, 0.1) is 0 Å². The highest BCUT2D eigenvalue weighted by Crippen LogP contribution is 2.14. The average molecular weight is 960 g/mol. The summed E-state index contributed by atoms with van der Waals surface area (Å²) in [4.78, 5) is 38.1. The van der Waals surface area contributed by atoms with Gasteiger partial charge in [0, 0.05) is 19.3 Å². The molecule has 1 atom stereocenters. The van der Waals surface area contributed by atoms with Gasteiger partial charge in [-0.1, -0.05) is 234 Å². The van der Waals surface area contributed by atoms with Crippen LogP contribution in [0.15, 0.2) is 97.2 Å². The Balaban J connectivity index is 4.49. The molecule has 0 aliphatic heterocycles. The van der Waals surface area contributed by atoms with Gasteiger partial charge in [-0.15, -0.1) is 0 Å². The molecule has 0 bridgehead atoms. The summed E-state index contributed by atoms with van der Waals surface area (Å²) in [5.41, 5.74) is 0. The fourth-order valence-corrected chi connectivity index (χ4v) is 7.75. The molecule has 0 saturated carbocycles. The van der Waals surface area contributed by atoms with Crippen molar-refractivity contribution in [3.05, 3.63) is 97.2 Å². The van der Waals surface area contributed by atoms with Crippen molar-refractivity contribution in [3.8, 4) is 0 Å². The number of carbonyl (C=O) groups excluding carboxylic acids is 3. The highest BCUT2D eigenvalue weighted by atomic mass is 16.6. The van der Waals surface area contributed by atoms with Crippen molar-refractivity contribution < 1.29 is 28.6 Å². The molecule has 0 aromatic rings. The van der Waals surface area contributed by atoms with E-state index < -0.39 is 6.10 Å². The summed E-state index contributed by atoms with van der Waals surface area (Å²) in [6.07, 6.45) is 75.5. The van der Waals surface area contributed by atoms with Crippen LogP contribution in [0.2, 0.25) is 0 Å². The van der Waals surface area contributed by atoms with Crippen LogP contribution in [0.4, 0.5) is 0 Å². The predicted octanol–water partition coefficient (Wildman–Crippen LogP) is 19.3. The van der Waals surface area contributed by atoms with Crippen LogP contribution in [0, 0.1) is 0 Å². The molecule has 69 heavy (non-hydrogen) atoms. The molecule has 0 radical (unpaired) electrons. The summed E-state index contributed by atoms with van der Waals surface area (Å²) in [6, 6.07) is 0. The van der Waals surface area contributed by atoms with Crippen LogP contribution in [0.5, 0.6) is 0 Å². The zero-order valence-electron chi connectivity index (χ0n) is 45.0. The van der Waals surface area contributed by atoms with Gasteiger partial charge >= 0.3 is 17.9 Å². The van der Waals surface area contributed by atoms with Crippen LogP contribution in [0.3, 0.4) is 0 Å². The van der Waals surface area contributed by atoms with Gasteiger partial charge in [0.15, 0.2) is 6.10 Å². The maximum Gasteiger partial charge on any atom is 0.306 e. The minimum atomic E-state index is -0.813. The molecule has 0 amide bonds. The molecular weight excluding hydrogens is 853 g/mol. The minimum absolute atomic E-state index is 0.106. The molecule has 0 rings (SSSR count). The van der Waals surface area contributed by atoms with E-state index in [9.17, 15) is 14.4 Å². The van der Waals surface area contributed by atoms with Crippen LogP contribution in [-0.2, 0) is 28.6 Å². The summed E-state index contributed by atoms with van der Waals surface area (Å²) in [7, 11) is 0. The predicted molar refractivity (Wildman–Crippen MR) is 297 cm³/mol. The molecule has 0 aromatic carbocycles. The highest BCUT2D eigenvalue weighted by Gasteiger charge is 2.19. The maximum absolute atomic E-state index is 12.9. The lowest BCUT2D eigenvalue weighted by Crippen LogP contribution is -2.30. The number of rotatable bonds is 51. The van der Waals surface area contributed by atoms with E-state index in [2.05, 4.69) is 112 Å². The Morgan fingerprint density at radius 2 is 0.594 bits per heavy atom. The molecule has 0 unspecified atom stereocenters. The van der Waals surface area contributed by atoms with Crippen molar-refractivity contribution in [2.45, 2.75) is 271 Å². The van der Waals surface area contributed by atoms with Gasteiger partial charge < -0.3 is 14.2 Å². The Morgan fingerprint density at radius 3 is 0.986 bits per heavy atom. The van der Waals surface area contributed by atoms with E-state index in [1.54, 1.807) is 0 Å². The number of esters is 3. The van der Waals surface area contributed by atoms with Crippen molar-refractivity contribution >= 4 is 17.9 Å². The second kappa shape index (κ2) is 56.9. The van der Waals surface area contributed by atoms with E-state index in [1.807, 2.05) is 6.08 Å². The van der Waals surface area contributed by atoms with Gasteiger partial charge in [0.25, 0.3) is 0 Å². The summed E-state index contributed by atoms with van der Waals surface area (Å²) in [6.45, 7) is 6.44. The van der Waals surface area contributed by atoms with Crippen LogP contribution in [0.1, 0.15) is 265 Å². The number of ether oxygens (including phenoxy) is 3. The molecule has 6 nitrogen and oxygen atoms in total. The van der Waals surface area contributed by atoms with Gasteiger partial charge in [0.1, 0.15) is 13.2 Å². The number of hydrogen-bond donors (Lipinski definition) is 0. The first-order chi connectivity index (χ1) is 34.0. The highest BCUT2D eigenvalue weighted by molar-refractivity contribution is 5.71. The smallest absolute Gasteiger partial charge is 0.306 e. The molecule has 0 heterocycles. The monoisotopic (exact) mass is 959 g/mol. The van der Waals surface area contributed by atoms with Crippen molar-refractivity contribution in [3.63, 3.8) is 0 Å². The standard InChI is InChI=1S/C63H106O6/c1-4-7-10-13-16-19-22-25-27-29-31-33-35-38-41-44-47-50-53-56-62(65)68-59-60(58-67-61(64)55-52-49-46-43-40-37-24-21-18-15-12-9-6-3)69-63(66)57-54-51-48-45-42-39-36-34-32-30-28-26-23-20-17-14-11-8-5-2/h7,10,16,19,21,24-28,31,33,38,41,47,50,60H,4-6,8-9,11-15,17-18,20,22-23,29-30,32,34-37,39-40,42-46,48-49,51-59H2,1-3H3/b10-7+,19-16+,24-21+,27-25+,28-26+,33-31+,41-38+,50-47+/t60-/m1/s1. The molecule has 0 N–H and O–H groups in total. The Bertz CT molecular complexity index is 1380. The van der Waals surface area contributed by atoms with Crippen LogP contribution < -0.4 is 0 Å². The quantitative estimate of drug-likeness (QED) is 0.0262. The molecule has 0 aromatic heterocycles. The summed E-state index contributed by atoms with van der Waals surface area (Å²) in [5, 5.41) is 0. The summed E-state index contributed by atoms with van der Waals surface area (Å²) in [5.74, 6) is -1.00. The fourth-order valence-electron chi connectivity index (χ4n) is 7.75. The second-order valence-corrected chi connectivity index (χ2v) is 18.8. The third-order valence-corrected chi connectivity index (χ3v) is 12.1. The van der Waals surface area contributed by atoms with E-state index in [-0.39, 0.29) is 37.5 Å². The van der Waals surface area contributed by atoms with Gasteiger partial charge in [0.2, 0.25) is 0 Å². The summed E-state index contributed by atoms with van der Waals surface area (Å²) >= 11 is 0. The summed E-state index contributed by atoms with van der Waals surface area (Å²) < 4.78 is 16.8. The third kappa shape index (κ3) is 55.1. The van der Waals surface area contributed by atoms with Crippen molar-refractivity contribution in [2.24, 2.45) is 0 Å². The maximum atomic E-state index is 12.9. The largest absolute Gasteiger partial charge is 0.462 e. The zero-order valence-corrected chi connectivity index (χ0v) is 45.0. The van der Waals surface area contributed by atoms with Gasteiger partial charge in [-0.2, -0.15) is 0 Å². The first-order valence-electron chi connectivity index (χ1n) is 28.7. The van der Waals surface area contributed by atoms with E-state index in [0.717, 1.165) is 89.9 Å². The lowest BCUT2D eigenvalue weighted by atomic mass is 10.1. The van der Waals surface area contributed by atoms with E-state index in [1.165, 1.54) is 128 Å². The van der Waals surface area contributed by atoms with Crippen molar-refractivity contribution in [2.75, 3.05) is 13.2 Å². The molecule has 0 spiro atoms. The van der Waals surface area contributed by atoms with Gasteiger partial charge in [-0.3, -0.25) is 14.4 Å². The molecule has 0 saturated heterocycles. The minimum Gasteiger partial charge on any atom is -0.462 e. The third-order valence-electron chi connectivity index (χ3n) is 12.1. The molecular formula is C63H106O6. The first-order valence-corrected chi connectivity index (χ1v) is 28.7.